The molecule has 0 saturated heterocycles. The Kier molecular flexibility index (Phi) is 6.27. The van der Waals surface area contributed by atoms with Gasteiger partial charge in [0, 0.05) is 18.7 Å². The number of aromatic nitrogens is 1. The van der Waals surface area contributed by atoms with Crippen LogP contribution in [0.3, 0.4) is 0 Å². The Bertz CT molecular complexity index is 433. The summed E-state index contributed by atoms with van der Waals surface area (Å²) in [5.41, 5.74) is -0.309. The molecule has 1 N–H and O–H groups in total. The van der Waals surface area contributed by atoms with Gasteiger partial charge in [0.05, 0.1) is 16.3 Å². The molecule has 1 aromatic rings. The molecular formula is C14H20ClF3N2. The van der Waals surface area contributed by atoms with Crippen molar-refractivity contribution in [3.8, 4) is 0 Å². The Morgan fingerprint density at radius 3 is 2.45 bits per heavy atom. The summed E-state index contributed by atoms with van der Waals surface area (Å²) in [4.78, 5) is 3.88. The zero-order valence-corrected chi connectivity index (χ0v) is 12.6. The van der Waals surface area contributed by atoms with E-state index >= 15 is 0 Å². The summed E-state index contributed by atoms with van der Waals surface area (Å²) in [7, 11) is 0. The molecule has 0 radical (unpaired) electrons. The average Bonchev–Trinajstić information content (AvgIpc) is 2.34. The normalized spacial score (nSPS) is 13.8. The summed E-state index contributed by atoms with van der Waals surface area (Å²) < 4.78 is 37.6. The smallest absolute Gasteiger partial charge is 0.313 e. The number of alkyl halides is 3. The molecule has 0 bridgehead atoms. The molecule has 1 aromatic heterocycles. The van der Waals surface area contributed by atoms with Gasteiger partial charge in [-0.3, -0.25) is 4.98 Å². The molecule has 0 aliphatic heterocycles. The van der Waals surface area contributed by atoms with E-state index < -0.39 is 11.7 Å². The van der Waals surface area contributed by atoms with Crippen LogP contribution >= 0.6 is 11.6 Å². The maximum atomic E-state index is 12.5. The lowest BCUT2D eigenvalue weighted by Crippen LogP contribution is -2.36. The van der Waals surface area contributed by atoms with E-state index in [1.165, 1.54) is 0 Å². The van der Waals surface area contributed by atoms with Crippen LogP contribution in [-0.2, 0) is 12.6 Å². The van der Waals surface area contributed by atoms with Gasteiger partial charge in [-0.15, -0.1) is 0 Å². The minimum absolute atomic E-state index is 0.0729. The van der Waals surface area contributed by atoms with E-state index in [-0.39, 0.29) is 11.1 Å². The lowest BCUT2D eigenvalue weighted by molar-refractivity contribution is -0.137. The molecule has 20 heavy (non-hydrogen) atoms. The molecule has 2 nitrogen and oxygen atoms in total. The van der Waals surface area contributed by atoms with E-state index in [1.54, 1.807) is 0 Å². The molecule has 0 aliphatic carbocycles. The van der Waals surface area contributed by atoms with Crippen LogP contribution in [0.4, 0.5) is 13.2 Å². The molecule has 1 atom stereocenters. The van der Waals surface area contributed by atoms with Crippen LogP contribution in [0.2, 0.25) is 5.02 Å². The van der Waals surface area contributed by atoms with Crippen LogP contribution in [-0.4, -0.2) is 17.6 Å². The topological polar surface area (TPSA) is 24.9 Å². The highest BCUT2D eigenvalue weighted by molar-refractivity contribution is 6.31. The van der Waals surface area contributed by atoms with Gasteiger partial charge in [-0.1, -0.05) is 32.4 Å². The molecule has 0 aromatic carbocycles. The van der Waals surface area contributed by atoms with E-state index in [4.69, 9.17) is 11.6 Å². The maximum Gasteiger partial charge on any atom is 0.417 e. The third-order valence-electron chi connectivity index (χ3n) is 3.12. The van der Waals surface area contributed by atoms with E-state index in [0.29, 0.717) is 18.0 Å². The van der Waals surface area contributed by atoms with E-state index in [0.717, 1.165) is 25.2 Å². The summed E-state index contributed by atoms with van der Waals surface area (Å²) in [5, 5.41) is 3.44. The maximum absolute atomic E-state index is 12.5. The number of hydrogen-bond acceptors (Lipinski definition) is 2. The molecule has 1 heterocycles. The van der Waals surface area contributed by atoms with Crippen molar-refractivity contribution >= 4 is 11.6 Å². The van der Waals surface area contributed by atoms with E-state index in [2.05, 4.69) is 31.1 Å². The summed E-state index contributed by atoms with van der Waals surface area (Å²) in [5.74, 6) is 0.349. The van der Waals surface area contributed by atoms with Crippen molar-refractivity contribution in [1.82, 2.24) is 10.3 Å². The van der Waals surface area contributed by atoms with Crippen molar-refractivity contribution in [3.05, 3.63) is 28.5 Å². The van der Waals surface area contributed by atoms with E-state index in [1.807, 2.05) is 0 Å². The van der Waals surface area contributed by atoms with Crippen LogP contribution in [0.5, 0.6) is 0 Å². The quantitative estimate of drug-likeness (QED) is 0.846. The van der Waals surface area contributed by atoms with Crippen LogP contribution in [0.15, 0.2) is 12.3 Å². The first-order valence-corrected chi connectivity index (χ1v) is 7.08. The molecule has 0 spiro atoms. The first-order chi connectivity index (χ1) is 9.25. The van der Waals surface area contributed by atoms with Gasteiger partial charge in [0.2, 0.25) is 0 Å². The lowest BCUT2D eigenvalue weighted by Gasteiger charge is -2.22. The highest BCUT2D eigenvalue weighted by Crippen LogP contribution is 2.31. The second kappa shape index (κ2) is 7.27. The molecule has 1 rings (SSSR count). The molecule has 114 valence electrons. The highest BCUT2D eigenvalue weighted by atomic mass is 35.5. The number of hydrogen-bond donors (Lipinski definition) is 1. The first-order valence-electron chi connectivity index (χ1n) is 6.70. The third-order valence-corrected chi connectivity index (χ3v) is 3.45. The largest absolute Gasteiger partial charge is 0.417 e. The fourth-order valence-corrected chi connectivity index (χ4v) is 2.10. The van der Waals surface area contributed by atoms with Crippen LogP contribution in [0, 0.1) is 5.92 Å². The number of pyridine rings is 1. The Labute approximate surface area is 122 Å². The van der Waals surface area contributed by atoms with Crippen molar-refractivity contribution in [2.45, 2.75) is 45.8 Å². The fraction of sp³-hybridized carbons (Fsp3) is 0.643. The molecule has 0 fully saturated rings. The first kappa shape index (κ1) is 17.2. The number of nitrogens with one attached hydrogen (secondary N) is 1. The Balaban J connectivity index is 2.86. The van der Waals surface area contributed by atoms with Gasteiger partial charge in [0.1, 0.15) is 0 Å². The van der Waals surface area contributed by atoms with Gasteiger partial charge < -0.3 is 5.32 Å². The standard InChI is InChI=1S/C14H20ClF3N2/c1-4-5-19-12(9(2)3)7-13-11(15)6-10(8-20-13)14(16,17)18/h6,8-9,12,19H,4-5,7H2,1-3H3. The Morgan fingerprint density at radius 2 is 2.00 bits per heavy atom. The van der Waals surface area contributed by atoms with Crippen molar-refractivity contribution in [2.75, 3.05) is 6.54 Å². The van der Waals surface area contributed by atoms with Gasteiger partial charge in [-0.05, 0) is 24.9 Å². The summed E-state index contributed by atoms with van der Waals surface area (Å²) in [6, 6.07) is 1.10. The molecule has 0 amide bonds. The van der Waals surface area contributed by atoms with Gasteiger partial charge in [-0.2, -0.15) is 13.2 Å². The Morgan fingerprint density at radius 1 is 1.35 bits per heavy atom. The molecule has 1 unspecified atom stereocenters. The van der Waals surface area contributed by atoms with E-state index in [9.17, 15) is 13.2 Å². The van der Waals surface area contributed by atoms with Crippen molar-refractivity contribution in [1.29, 1.82) is 0 Å². The van der Waals surface area contributed by atoms with Gasteiger partial charge >= 0.3 is 6.18 Å². The third kappa shape index (κ3) is 4.94. The average molecular weight is 309 g/mol. The van der Waals surface area contributed by atoms with Crippen LogP contribution < -0.4 is 5.32 Å². The number of halogens is 4. The molecule has 0 aliphatic rings. The summed E-state index contributed by atoms with van der Waals surface area (Å²) >= 11 is 5.93. The lowest BCUT2D eigenvalue weighted by atomic mass is 9.98. The van der Waals surface area contributed by atoms with Crippen molar-refractivity contribution in [2.24, 2.45) is 5.92 Å². The minimum atomic E-state index is -4.41. The number of nitrogens with zero attached hydrogens (tertiary/aromatic N) is 1. The van der Waals surface area contributed by atoms with Gasteiger partial charge in [0.15, 0.2) is 0 Å². The number of rotatable bonds is 6. The minimum Gasteiger partial charge on any atom is -0.313 e. The monoisotopic (exact) mass is 308 g/mol. The van der Waals surface area contributed by atoms with Crippen LogP contribution in [0.1, 0.15) is 38.4 Å². The molecular weight excluding hydrogens is 289 g/mol. The fourth-order valence-electron chi connectivity index (χ4n) is 1.85. The van der Waals surface area contributed by atoms with Gasteiger partial charge in [-0.25, -0.2) is 0 Å². The second-order valence-electron chi connectivity index (χ2n) is 5.16. The SMILES string of the molecule is CCCNC(Cc1ncc(C(F)(F)F)cc1Cl)C(C)C. The zero-order chi connectivity index (χ0) is 15.3. The Hall–Kier alpha value is -0.810. The molecule has 0 saturated carbocycles. The van der Waals surface area contributed by atoms with Gasteiger partial charge in [0.25, 0.3) is 0 Å². The second-order valence-corrected chi connectivity index (χ2v) is 5.57. The van der Waals surface area contributed by atoms with Crippen LogP contribution in [0.25, 0.3) is 0 Å². The van der Waals surface area contributed by atoms with Crippen molar-refractivity contribution < 1.29 is 13.2 Å². The highest BCUT2D eigenvalue weighted by Gasteiger charge is 2.31. The predicted molar refractivity (Wildman–Crippen MR) is 74.9 cm³/mol. The summed E-state index contributed by atoms with van der Waals surface area (Å²) in [6.45, 7) is 7.05. The zero-order valence-electron chi connectivity index (χ0n) is 11.9. The molecule has 6 heteroatoms. The summed E-state index contributed by atoms with van der Waals surface area (Å²) in [6.07, 6.45) is -2.04. The van der Waals surface area contributed by atoms with Crippen molar-refractivity contribution in [3.63, 3.8) is 0 Å². The predicted octanol–water partition coefficient (Wildman–Crippen LogP) is 4.32.